The minimum Gasteiger partial charge on any atom is -0.494 e. The van der Waals surface area contributed by atoms with E-state index in [2.05, 4.69) is 32.0 Å². The largest absolute Gasteiger partial charge is 0.494 e. The second kappa shape index (κ2) is 7.14. The molecule has 0 spiro atoms. The third kappa shape index (κ3) is 4.23. The van der Waals surface area contributed by atoms with Crippen molar-refractivity contribution in [1.82, 2.24) is 0 Å². The number of aryl methyl sites for hydroxylation is 2. The lowest BCUT2D eigenvalue weighted by Gasteiger charge is -2.16. The van der Waals surface area contributed by atoms with E-state index in [1.165, 1.54) is 11.1 Å². The molecule has 0 bridgehead atoms. The van der Waals surface area contributed by atoms with Gasteiger partial charge in [0.15, 0.2) is 0 Å². The number of nitrogens with two attached hydrogens (primary N) is 1. The molecule has 2 rings (SSSR count). The molecule has 2 aromatic rings. The molecule has 112 valence electrons. The van der Waals surface area contributed by atoms with E-state index in [1.54, 1.807) is 0 Å². The fraction of sp³-hybridized carbons (Fsp3) is 0.333. The van der Waals surface area contributed by atoms with Gasteiger partial charge in [-0.05, 0) is 56.2 Å². The molecule has 2 aromatic carbocycles. The van der Waals surface area contributed by atoms with Crippen LogP contribution in [0.1, 0.15) is 29.7 Å². The standard InChI is InChI=1S/C18H23NO2/c1-4-20-15-7-9-16(10-8-15)21-12-18(19)17-11-13(2)5-6-14(17)3/h5-11,18H,4,12,19H2,1-3H3. The lowest BCUT2D eigenvalue weighted by molar-refractivity contribution is 0.289. The van der Waals surface area contributed by atoms with Crippen molar-refractivity contribution >= 4 is 0 Å². The molecular weight excluding hydrogens is 262 g/mol. The van der Waals surface area contributed by atoms with Crippen molar-refractivity contribution in [3.05, 3.63) is 59.2 Å². The van der Waals surface area contributed by atoms with Crippen LogP contribution in [0.5, 0.6) is 11.5 Å². The van der Waals surface area contributed by atoms with Gasteiger partial charge in [-0.1, -0.05) is 23.8 Å². The molecule has 1 unspecified atom stereocenters. The molecule has 0 fully saturated rings. The topological polar surface area (TPSA) is 44.5 Å². The first-order chi connectivity index (χ1) is 10.1. The van der Waals surface area contributed by atoms with Gasteiger partial charge < -0.3 is 15.2 Å². The Morgan fingerprint density at radius 1 is 0.952 bits per heavy atom. The molecular formula is C18H23NO2. The molecule has 3 heteroatoms. The predicted molar refractivity (Wildman–Crippen MR) is 86.0 cm³/mol. The molecule has 0 aliphatic carbocycles. The SMILES string of the molecule is CCOc1ccc(OCC(N)c2cc(C)ccc2C)cc1. The van der Waals surface area contributed by atoms with Gasteiger partial charge in [-0.2, -0.15) is 0 Å². The Kier molecular flexibility index (Phi) is 5.23. The maximum absolute atomic E-state index is 6.24. The summed E-state index contributed by atoms with van der Waals surface area (Å²) in [5.74, 6) is 1.66. The number of rotatable bonds is 6. The van der Waals surface area contributed by atoms with Gasteiger partial charge in [-0.25, -0.2) is 0 Å². The molecule has 21 heavy (non-hydrogen) atoms. The fourth-order valence-electron chi connectivity index (χ4n) is 2.23. The third-order valence-corrected chi connectivity index (χ3v) is 3.40. The van der Waals surface area contributed by atoms with Crippen LogP contribution >= 0.6 is 0 Å². The van der Waals surface area contributed by atoms with Gasteiger partial charge in [0.2, 0.25) is 0 Å². The Morgan fingerprint density at radius 3 is 2.19 bits per heavy atom. The summed E-state index contributed by atoms with van der Waals surface area (Å²) in [5, 5.41) is 0. The highest BCUT2D eigenvalue weighted by Gasteiger charge is 2.10. The van der Waals surface area contributed by atoms with Crippen molar-refractivity contribution in [2.24, 2.45) is 5.73 Å². The van der Waals surface area contributed by atoms with Crippen LogP contribution in [0.15, 0.2) is 42.5 Å². The van der Waals surface area contributed by atoms with Crippen LogP contribution in [-0.4, -0.2) is 13.2 Å². The second-order valence-electron chi connectivity index (χ2n) is 5.18. The van der Waals surface area contributed by atoms with E-state index >= 15 is 0 Å². The Bertz CT molecular complexity index is 578. The number of hydrogen-bond donors (Lipinski definition) is 1. The molecule has 0 aliphatic rings. The lowest BCUT2D eigenvalue weighted by atomic mass is 10.00. The van der Waals surface area contributed by atoms with E-state index in [0.717, 1.165) is 17.1 Å². The summed E-state index contributed by atoms with van der Waals surface area (Å²) in [6.45, 7) is 7.23. The Hall–Kier alpha value is -2.00. The molecule has 1 atom stereocenters. The van der Waals surface area contributed by atoms with Gasteiger partial charge in [0.1, 0.15) is 18.1 Å². The van der Waals surface area contributed by atoms with Crippen LogP contribution in [-0.2, 0) is 0 Å². The summed E-state index contributed by atoms with van der Waals surface area (Å²) in [4.78, 5) is 0. The van der Waals surface area contributed by atoms with Gasteiger partial charge in [-0.3, -0.25) is 0 Å². The first-order valence-corrected chi connectivity index (χ1v) is 7.28. The molecule has 3 nitrogen and oxygen atoms in total. The van der Waals surface area contributed by atoms with E-state index in [4.69, 9.17) is 15.2 Å². The van der Waals surface area contributed by atoms with Gasteiger partial charge in [0, 0.05) is 0 Å². The molecule has 0 aliphatic heterocycles. The molecule has 0 saturated heterocycles. The normalized spacial score (nSPS) is 12.0. The lowest BCUT2D eigenvalue weighted by Crippen LogP contribution is -2.20. The third-order valence-electron chi connectivity index (χ3n) is 3.40. The van der Waals surface area contributed by atoms with Crippen molar-refractivity contribution in [1.29, 1.82) is 0 Å². The monoisotopic (exact) mass is 285 g/mol. The van der Waals surface area contributed by atoms with Crippen molar-refractivity contribution < 1.29 is 9.47 Å². The highest BCUT2D eigenvalue weighted by atomic mass is 16.5. The summed E-state index contributed by atoms with van der Waals surface area (Å²) < 4.78 is 11.2. The summed E-state index contributed by atoms with van der Waals surface area (Å²) in [7, 11) is 0. The Balaban J connectivity index is 1.97. The van der Waals surface area contributed by atoms with Gasteiger partial charge in [0.05, 0.1) is 12.6 Å². The Labute approximate surface area is 126 Å². The molecule has 0 radical (unpaired) electrons. The van der Waals surface area contributed by atoms with Crippen LogP contribution in [0.3, 0.4) is 0 Å². The van der Waals surface area contributed by atoms with Crippen molar-refractivity contribution in [2.45, 2.75) is 26.8 Å². The quantitative estimate of drug-likeness (QED) is 0.878. The molecule has 0 saturated carbocycles. The smallest absolute Gasteiger partial charge is 0.119 e. The summed E-state index contributed by atoms with van der Waals surface area (Å²) in [6.07, 6.45) is 0. The van der Waals surface area contributed by atoms with Crippen LogP contribution in [0.4, 0.5) is 0 Å². The summed E-state index contributed by atoms with van der Waals surface area (Å²) in [5.41, 5.74) is 9.79. The highest BCUT2D eigenvalue weighted by Crippen LogP contribution is 2.21. The van der Waals surface area contributed by atoms with E-state index in [9.17, 15) is 0 Å². The summed E-state index contributed by atoms with van der Waals surface area (Å²) >= 11 is 0. The van der Waals surface area contributed by atoms with Gasteiger partial charge in [0.25, 0.3) is 0 Å². The van der Waals surface area contributed by atoms with Crippen LogP contribution < -0.4 is 15.2 Å². The first kappa shape index (κ1) is 15.4. The minimum atomic E-state index is -0.128. The minimum absolute atomic E-state index is 0.128. The number of hydrogen-bond acceptors (Lipinski definition) is 3. The molecule has 0 heterocycles. The first-order valence-electron chi connectivity index (χ1n) is 7.28. The predicted octanol–water partition coefficient (Wildman–Crippen LogP) is 3.78. The molecule has 0 aromatic heterocycles. The molecule has 2 N–H and O–H groups in total. The average molecular weight is 285 g/mol. The van der Waals surface area contributed by atoms with Gasteiger partial charge in [-0.15, -0.1) is 0 Å². The zero-order valence-corrected chi connectivity index (χ0v) is 12.9. The fourth-order valence-corrected chi connectivity index (χ4v) is 2.23. The maximum Gasteiger partial charge on any atom is 0.119 e. The number of ether oxygens (including phenoxy) is 2. The van der Waals surface area contributed by atoms with Crippen LogP contribution in [0.2, 0.25) is 0 Å². The van der Waals surface area contributed by atoms with Crippen molar-refractivity contribution in [2.75, 3.05) is 13.2 Å². The van der Waals surface area contributed by atoms with Gasteiger partial charge >= 0.3 is 0 Å². The van der Waals surface area contributed by atoms with E-state index in [1.807, 2.05) is 31.2 Å². The zero-order valence-electron chi connectivity index (χ0n) is 12.9. The highest BCUT2D eigenvalue weighted by molar-refractivity contribution is 5.34. The second-order valence-corrected chi connectivity index (χ2v) is 5.18. The van der Waals surface area contributed by atoms with Crippen LogP contribution in [0, 0.1) is 13.8 Å². The summed E-state index contributed by atoms with van der Waals surface area (Å²) in [6, 6.07) is 13.8. The zero-order chi connectivity index (χ0) is 15.2. The average Bonchev–Trinajstić information content (AvgIpc) is 2.49. The van der Waals surface area contributed by atoms with E-state index < -0.39 is 0 Å². The van der Waals surface area contributed by atoms with E-state index in [-0.39, 0.29) is 6.04 Å². The number of benzene rings is 2. The van der Waals surface area contributed by atoms with Crippen molar-refractivity contribution in [3.63, 3.8) is 0 Å². The Morgan fingerprint density at radius 2 is 1.57 bits per heavy atom. The maximum atomic E-state index is 6.24. The van der Waals surface area contributed by atoms with E-state index in [0.29, 0.717) is 13.2 Å². The van der Waals surface area contributed by atoms with Crippen LogP contribution in [0.25, 0.3) is 0 Å². The molecule has 0 amide bonds. The van der Waals surface area contributed by atoms with Crippen molar-refractivity contribution in [3.8, 4) is 11.5 Å².